The molecule has 51 heavy (non-hydrogen) atoms. The number of aryl methyl sites for hydroxylation is 8. The standard InChI is InChI=1S/C43H36N8/c1-17-11-27-28(12-18(17)2)36-45-40-32-16-22(6)24(8)26(10)34(32)42-47-38-30-14-20(4)19(3)13-29(30)37-46-41-33-25(9)23(7)21(5)15-31(33)39-44-35(27)48(36)43(49(37)38,50(39)41)51(40)42/h11-16H,1-10H3/q+2. The van der Waals surface area contributed by atoms with Gasteiger partial charge in [0.15, 0.2) is 0 Å². The molecular formula is C43H36N8+2. The van der Waals surface area contributed by atoms with E-state index < -0.39 is 5.91 Å². The van der Waals surface area contributed by atoms with Crippen molar-refractivity contribution >= 4 is 56.5 Å². The lowest BCUT2D eigenvalue weighted by molar-refractivity contribution is -0.790. The minimum absolute atomic E-state index is 0.922. The number of benzene rings is 4. The smallest absolute Gasteiger partial charge is 0.192 e. The van der Waals surface area contributed by atoms with Gasteiger partial charge in [0.2, 0.25) is 22.6 Å². The van der Waals surface area contributed by atoms with Crippen molar-refractivity contribution in [1.82, 2.24) is 9.13 Å². The summed E-state index contributed by atoms with van der Waals surface area (Å²) in [6.07, 6.45) is 0. The van der Waals surface area contributed by atoms with Gasteiger partial charge in [-0.1, -0.05) is 20.0 Å². The van der Waals surface area contributed by atoms with E-state index in [2.05, 4.69) is 124 Å². The quantitative estimate of drug-likeness (QED) is 0.161. The summed E-state index contributed by atoms with van der Waals surface area (Å²) in [7, 11) is 0. The first-order chi connectivity index (χ1) is 24.4. The van der Waals surface area contributed by atoms with Crippen molar-refractivity contribution in [2.75, 3.05) is 0 Å². The van der Waals surface area contributed by atoms with Gasteiger partial charge in [0.1, 0.15) is 0 Å². The lowest BCUT2D eigenvalue weighted by Gasteiger charge is -2.40. The molecule has 8 heteroatoms. The Kier molecular flexibility index (Phi) is 4.52. The third kappa shape index (κ3) is 2.72. The van der Waals surface area contributed by atoms with Crippen molar-refractivity contribution < 1.29 is 9.15 Å². The van der Waals surface area contributed by atoms with Crippen LogP contribution in [-0.4, -0.2) is 41.6 Å². The highest BCUT2D eigenvalue weighted by molar-refractivity contribution is 6.21. The Bertz CT molecular complexity index is 3170. The van der Waals surface area contributed by atoms with E-state index in [0.717, 1.165) is 89.8 Å². The van der Waals surface area contributed by atoms with Crippen LogP contribution in [-0.2, 0) is 5.91 Å². The lowest BCUT2D eigenvalue weighted by Crippen LogP contribution is -2.71. The van der Waals surface area contributed by atoms with Crippen LogP contribution in [0.4, 0.5) is 11.6 Å². The Hall–Kier alpha value is -5.76. The van der Waals surface area contributed by atoms with E-state index in [9.17, 15) is 0 Å². The molecule has 8 heterocycles. The molecule has 1 unspecified atom stereocenters. The molecule has 0 saturated carbocycles. The van der Waals surface area contributed by atoms with E-state index in [-0.39, 0.29) is 0 Å². The number of amidine groups is 4. The molecule has 0 N–H and O–H groups in total. The Balaban J connectivity index is 1.43. The average Bonchev–Trinajstić information content (AvgIpc) is 3.79. The molecule has 0 fully saturated rings. The predicted octanol–water partition coefficient (Wildman–Crippen LogP) is 6.79. The van der Waals surface area contributed by atoms with Crippen molar-refractivity contribution in [3.05, 3.63) is 125 Å². The van der Waals surface area contributed by atoms with Crippen LogP contribution in [0.5, 0.6) is 0 Å². The monoisotopic (exact) mass is 664 g/mol. The van der Waals surface area contributed by atoms with Crippen LogP contribution in [0.1, 0.15) is 77.9 Å². The SMILES string of the molecule is Cc1cc2c(cc1C)C1=[N+]3C2=Nc2c4cc(C)c(C)c(C)c4c4n2C32n3c(c5cc(C)c(C)c(C)c5c3=NC3=[N+]2C(=N4)c2cc(C)c(C)cc23)=N1. The number of rotatable bonds is 0. The fourth-order valence-electron chi connectivity index (χ4n) is 9.82. The minimum Gasteiger partial charge on any atom is -0.192 e. The van der Waals surface area contributed by atoms with E-state index in [1.807, 2.05) is 0 Å². The fourth-order valence-corrected chi connectivity index (χ4v) is 9.82. The molecule has 0 saturated heterocycles. The Labute approximate surface area is 294 Å². The first-order valence-corrected chi connectivity index (χ1v) is 17.9. The number of nitrogens with zero attached hydrogens (tertiary/aromatic N) is 8. The van der Waals surface area contributed by atoms with E-state index >= 15 is 0 Å². The molecule has 0 radical (unpaired) electrons. The van der Waals surface area contributed by atoms with Crippen molar-refractivity contribution in [3.8, 4) is 0 Å². The fraction of sp³-hybridized carbons (Fsp3) is 0.256. The number of hydrogen-bond donors (Lipinski definition) is 0. The topological polar surface area (TPSA) is 65.3 Å². The van der Waals surface area contributed by atoms with Crippen molar-refractivity contribution in [3.63, 3.8) is 0 Å². The van der Waals surface area contributed by atoms with E-state index in [1.165, 1.54) is 55.6 Å². The first kappa shape index (κ1) is 28.0. The molecule has 6 aliphatic rings. The minimum atomic E-state index is -0.986. The van der Waals surface area contributed by atoms with Crippen LogP contribution >= 0.6 is 0 Å². The Morgan fingerprint density at radius 3 is 1.47 bits per heavy atom. The number of fused-ring (bicyclic) bond motifs is 12. The molecule has 1 spiro atoms. The molecule has 0 bridgehead atoms. The summed E-state index contributed by atoms with van der Waals surface area (Å²) in [6.45, 7) is 22.2. The molecule has 0 amide bonds. The number of hydrogen-bond acceptors (Lipinski definition) is 4. The normalized spacial score (nSPS) is 19.3. The van der Waals surface area contributed by atoms with Crippen LogP contribution in [0.3, 0.4) is 0 Å². The third-order valence-electron chi connectivity index (χ3n) is 13.2. The van der Waals surface area contributed by atoms with Crippen LogP contribution < -0.4 is 11.0 Å². The zero-order chi connectivity index (χ0) is 34.9. The molecule has 1 atom stereocenters. The second-order valence-corrected chi connectivity index (χ2v) is 15.7. The van der Waals surface area contributed by atoms with Gasteiger partial charge in [0.25, 0.3) is 23.3 Å². The second-order valence-electron chi connectivity index (χ2n) is 15.7. The zero-order valence-electron chi connectivity index (χ0n) is 30.5. The highest BCUT2D eigenvalue weighted by Crippen LogP contribution is 2.54. The summed E-state index contributed by atoms with van der Waals surface area (Å²) in [5.74, 6) is 4.57. The molecule has 6 aliphatic heterocycles. The summed E-state index contributed by atoms with van der Waals surface area (Å²) >= 11 is 0. The first-order valence-electron chi connectivity index (χ1n) is 17.9. The summed E-state index contributed by atoms with van der Waals surface area (Å²) in [4.78, 5) is 22.7. The van der Waals surface area contributed by atoms with Gasteiger partial charge in [-0.2, -0.15) is 9.13 Å². The van der Waals surface area contributed by atoms with Crippen LogP contribution in [0, 0.1) is 69.2 Å². The molecule has 6 aromatic rings. The van der Waals surface area contributed by atoms with E-state index in [0.29, 0.717) is 0 Å². The van der Waals surface area contributed by atoms with E-state index in [4.69, 9.17) is 20.0 Å². The summed E-state index contributed by atoms with van der Waals surface area (Å²) in [5.41, 5.74) is 18.9. The maximum atomic E-state index is 5.69. The van der Waals surface area contributed by atoms with E-state index in [1.54, 1.807) is 0 Å². The van der Waals surface area contributed by atoms with Crippen molar-refractivity contribution in [1.29, 1.82) is 0 Å². The molecule has 246 valence electrons. The lowest BCUT2D eigenvalue weighted by atomic mass is 9.98. The van der Waals surface area contributed by atoms with Gasteiger partial charge in [0.05, 0.1) is 33.0 Å². The molecule has 8 nitrogen and oxygen atoms in total. The molecular weight excluding hydrogens is 629 g/mol. The molecule has 4 aromatic carbocycles. The maximum Gasteiger partial charge on any atom is 0.404 e. The number of aliphatic imine (C=N–C) groups is 2. The van der Waals surface area contributed by atoms with Gasteiger partial charge < -0.3 is 0 Å². The summed E-state index contributed by atoms with van der Waals surface area (Å²) in [5, 5.41) is 4.58. The highest BCUT2D eigenvalue weighted by Gasteiger charge is 2.69. The second kappa shape index (κ2) is 8.23. The van der Waals surface area contributed by atoms with Gasteiger partial charge in [0, 0.05) is 10.8 Å². The molecule has 2 aromatic heterocycles. The van der Waals surface area contributed by atoms with Crippen LogP contribution in [0.15, 0.2) is 56.4 Å². The predicted molar refractivity (Wildman–Crippen MR) is 201 cm³/mol. The summed E-state index contributed by atoms with van der Waals surface area (Å²) < 4.78 is 9.69. The maximum absolute atomic E-state index is 5.69. The van der Waals surface area contributed by atoms with Crippen LogP contribution in [0.2, 0.25) is 0 Å². The molecule has 0 aliphatic carbocycles. The van der Waals surface area contributed by atoms with Gasteiger partial charge in [-0.05, 0) is 161 Å². The van der Waals surface area contributed by atoms with Gasteiger partial charge in [-0.3, -0.25) is 0 Å². The zero-order valence-corrected chi connectivity index (χ0v) is 30.5. The average molecular weight is 665 g/mol. The third-order valence-corrected chi connectivity index (χ3v) is 13.2. The van der Waals surface area contributed by atoms with Crippen molar-refractivity contribution in [2.24, 2.45) is 20.0 Å². The van der Waals surface area contributed by atoms with Gasteiger partial charge >= 0.3 is 5.91 Å². The van der Waals surface area contributed by atoms with Crippen LogP contribution in [0.25, 0.3) is 21.5 Å². The Morgan fingerprint density at radius 2 is 0.902 bits per heavy atom. The number of aromatic nitrogens is 2. The summed E-state index contributed by atoms with van der Waals surface area (Å²) in [6, 6.07) is 13.9. The Morgan fingerprint density at radius 1 is 0.431 bits per heavy atom. The largest absolute Gasteiger partial charge is 0.404 e. The van der Waals surface area contributed by atoms with Gasteiger partial charge in [-0.15, -0.1) is 9.15 Å². The highest BCUT2D eigenvalue weighted by atomic mass is 15.7. The molecule has 12 rings (SSSR count). The van der Waals surface area contributed by atoms with Crippen molar-refractivity contribution in [2.45, 2.75) is 75.1 Å². The van der Waals surface area contributed by atoms with Gasteiger partial charge in [-0.25, -0.2) is 0 Å².